The second kappa shape index (κ2) is 7.79. The molecule has 7 heteroatoms. The molecule has 0 radical (unpaired) electrons. The molecule has 0 saturated carbocycles. The molecule has 0 spiro atoms. The molecule has 1 heterocycles. The second-order valence-corrected chi connectivity index (χ2v) is 7.20. The molecule has 1 aromatic carbocycles. The van der Waals surface area contributed by atoms with E-state index in [1.807, 2.05) is 19.0 Å². The lowest BCUT2D eigenvalue weighted by Crippen LogP contribution is -2.42. The molecule has 1 fully saturated rings. The van der Waals surface area contributed by atoms with Gasteiger partial charge >= 0.3 is 0 Å². The highest BCUT2D eigenvalue weighted by atomic mass is 32.2. The molecule has 23 heavy (non-hydrogen) atoms. The number of thioether (sulfide) groups is 1. The van der Waals surface area contributed by atoms with Gasteiger partial charge in [-0.15, -0.1) is 11.8 Å². The van der Waals surface area contributed by atoms with Gasteiger partial charge in [-0.2, -0.15) is 0 Å². The molecule has 2 atom stereocenters. The number of hydrogen-bond donors (Lipinski definition) is 1. The third-order valence-corrected chi connectivity index (χ3v) is 4.99. The van der Waals surface area contributed by atoms with Gasteiger partial charge in [0.15, 0.2) is 0 Å². The molecule has 1 aromatic rings. The van der Waals surface area contributed by atoms with Crippen molar-refractivity contribution in [3.8, 4) is 0 Å². The SMILES string of the molecule is C[C@H]1S[C@@H](c2ccccc2F)N(CC(=O)NCCN(C)C)C1=O. The van der Waals surface area contributed by atoms with Gasteiger partial charge in [-0.25, -0.2) is 4.39 Å². The fourth-order valence-electron chi connectivity index (χ4n) is 2.38. The number of likely N-dealkylation sites (N-methyl/N-ethyl adjacent to an activating group) is 1. The summed E-state index contributed by atoms with van der Waals surface area (Å²) in [5.74, 6) is -0.716. The standard InChI is InChI=1S/C16H22FN3O2S/c1-11-15(22)20(10-14(21)18-8-9-19(2)3)16(23-11)12-6-4-5-7-13(12)17/h4-7,11,16H,8-10H2,1-3H3,(H,18,21)/t11-,16+/m1/s1. The molecule has 1 N–H and O–H groups in total. The Kier molecular flexibility index (Phi) is 6.01. The maximum Gasteiger partial charge on any atom is 0.239 e. The minimum Gasteiger partial charge on any atom is -0.353 e. The summed E-state index contributed by atoms with van der Waals surface area (Å²) in [4.78, 5) is 27.8. The lowest BCUT2D eigenvalue weighted by atomic mass is 10.2. The Hall–Kier alpha value is -1.60. The van der Waals surface area contributed by atoms with Crippen molar-refractivity contribution in [2.24, 2.45) is 0 Å². The quantitative estimate of drug-likeness (QED) is 0.853. The van der Waals surface area contributed by atoms with Crippen molar-refractivity contribution in [2.75, 3.05) is 33.7 Å². The van der Waals surface area contributed by atoms with Crippen molar-refractivity contribution in [3.05, 3.63) is 35.6 Å². The van der Waals surface area contributed by atoms with Crippen LogP contribution in [0.4, 0.5) is 4.39 Å². The van der Waals surface area contributed by atoms with Crippen LogP contribution in [0.1, 0.15) is 17.9 Å². The molecule has 126 valence electrons. The highest BCUT2D eigenvalue weighted by Crippen LogP contribution is 2.43. The summed E-state index contributed by atoms with van der Waals surface area (Å²) in [5.41, 5.74) is 0.441. The molecule has 2 amide bonds. The van der Waals surface area contributed by atoms with E-state index < -0.39 is 5.37 Å². The minimum absolute atomic E-state index is 0.0530. The molecule has 5 nitrogen and oxygen atoms in total. The molecular formula is C16H22FN3O2S. The van der Waals surface area contributed by atoms with Crippen LogP contribution in [0.5, 0.6) is 0 Å². The number of benzene rings is 1. The molecule has 1 saturated heterocycles. The van der Waals surface area contributed by atoms with E-state index in [9.17, 15) is 14.0 Å². The zero-order valence-electron chi connectivity index (χ0n) is 13.6. The van der Waals surface area contributed by atoms with Crippen molar-refractivity contribution in [1.29, 1.82) is 0 Å². The average Bonchev–Trinajstić information content (AvgIpc) is 2.75. The number of halogens is 1. The van der Waals surface area contributed by atoms with Crippen LogP contribution in [0.3, 0.4) is 0 Å². The minimum atomic E-state index is -0.460. The summed E-state index contributed by atoms with van der Waals surface area (Å²) in [7, 11) is 3.84. The molecule has 2 rings (SSSR count). The number of nitrogens with one attached hydrogen (secondary N) is 1. The van der Waals surface area contributed by atoms with Gasteiger partial charge in [-0.3, -0.25) is 9.59 Å². The Labute approximate surface area is 140 Å². The second-order valence-electron chi connectivity index (χ2n) is 5.77. The van der Waals surface area contributed by atoms with Crippen LogP contribution in [-0.4, -0.2) is 60.6 Å². The molecular weight excluding hydrogens is 317 g/mol. The van der Waals surface area contributed by atoms with Crippen LogP contribution >= 0.6 is 11.8 Å². The molecule has 0 bridgehead atoms. The van der Waals surface area contributed by atoms with E-state index in [1.165, 1.54) is 22.7 Å². The Morgan fingerprint density at radius 2 is 2.09 bits per heavy atom. The first-order valence-electron chi connectivity index (χ1n) is 7.52. The van der Waals surface area contributed by atoms with E-state index in [0.29, 0.717) is 12.1 Å². The zero-order chi connectivity index (χ0) is 17.0. The summed E-state index contributed by atoms with van der Waals surface area (Å²) >= 11 is 1.37. The van der Waals surface area contributed by atoms with Crippen molar-refractivity contribution < 1.29 is 14.0 Å². The molecule has 0 unspecified atom stereocenters. The highest BCUT2D eigenvalue weighted by molar-refractivity contribution is 8.01. The van der Waals surface area contributed by atoms with Gasteiger partial charge in [0.05, 0.1) is 5.25 Å². The van der Waals surface area contributed by atoms with Crippen LogP contribution in [-0.2, 0) is 9.59 Å². The number of carbonyl (C=O) groups is 2. The number of carbonyl (C=O) groups excluding carboxylic acids is 2. The molecule has 1 aliphatic rings. The topological polar surface area (TPSA) is 52.7 Å². The van der Waals surface area contributed by atoms with E-state index in [2.05, 4.69) is 5.32 Å². The summed E-state index contributed by atoms with van der Waals surface area (Å²) in [6, 6.07) is 6.39. The van der Waals surface area contributed by atoms with Gasteiger partial charge < -0.3 is 15.1 Å². The predicted molar refractivity (Wildman–Crippen MR) is 89.5 cm³/mol. The lowest BCUT2D eigenvalue weighted by Gasteiger charge is -2.24. The van der Waals surface area contributed by atoms with Crippen LogP contribution in [0.15, 0.2) is 24.3 Å². The van der Waals surface area contributed by atoms with E-state index in [4.69, 9.17) is 0 Å². The van der Waals surface area contributed by atoms with Crippen molar-refractivity contribution >= 4 is 23.6 Å². The maximum atomic E-state index is 14.0. The normalized spacial score (nSPS) is 21.1. The highest BCUT2D eigenvalue weighted by Gasteiger charge is 2.40. The number of hydrogen-bond acceptors (Lipinski definition) is 4. The maximum absolute atomic E-state index is 14.0. The lowest BCUT2D eigenvalue weighted by molar-refractivity contribution is -0.135. The van der Waals surface area contributed by atoms with Crippen LogP contribution in [0, 0.1) is 5.82 Å². The molecule has 0 aliphatic carbocycles. The largest absolute Gasteiger partial charge is 0.353 e. The van der Waals surface area contributed by atoms with Crippen molar-refractivity contribution in [3.63, 3.8) is 0 Å². The van der Waals surface area contributed by atoms with E-state index in [-0.39, 0.29) is 29.4 Å². The van der Waals surface area contributed by atoms with Gasteiger partial charge in [-0.05, 0) is 27.1 Å². The average molecular weight is 339 g/mol. The van der Waals surface area contributed by atoms with Crippen LogP contribution in [0.2, 0.25) is 0 Å². The summed E-state index contributed by atoms with van der Waals surface area (Å²) < 4.78 is 14.0. The first-order valence-corrected chi connectivity index (χ1v) is 8.46. The van der Waals surface area contributed by atoms with E-state index >= 15 is 0 Å². The third kappa shape index (κ3) is 4.45. The Morgan fingerprint density at radius 3 is 2.74 bits per heavy atom. The predicted octanol–water partition coefficient (Wildman–Crippen LogP) is 1.47. The molecule has 1 aliphatic heterocycles. The van der Waals surface area contributed by atoms with Crippen LogP contribution in [0.25, 0.3) is 0 Å². The smallest absolute Gasteiger partial charge is 0.239 e. The Bertz CT molecular complexity index is 582. The van der Waals surface area contributed by atoms with Gasteiger partial charge in [0.1, 0.15) is 17.7 Å². The number of rotatable bonds is 6. The number of nitrogens with zero attached hydrogens (tertiary/aromatic N) is 2. The first kappa shape index (κ1) is 17.7. The van der Waals surface area contributed by atoms with Crippen LogP contribution < -0.4 is 5.32 Å². The summed E-state index contributed by atoms with van der Waals surface area (Å²) in [5, 5.41) is 2.04. The Morgan fingerprint density at radius 1 is 1.39 bits per heavy atom. The van der Waals surface area contributed by atoms with E-state index in [1.54, 1.807) is 25.1 Å². The summed E-state index contributed by atoms with van der Waals surface area (Å²) in [6.45, 7) is 2.97. The monoisotopic (exact) mass is 339 g/mol. The van der Waals surface area contributed by atoms with Gasteiger partial charge in [0.25, 0.3) is 0 Å². The van der Waals surface area contributed by atoms with Gasteiger partial charge in [0, 0.05) is 18.7 Å². The van der Waals surface area contributed by atoms with Crippen molar-refractivity contribution in [1.82, 2.24) is 15.1 Å². The van der Waals surface area contributed by atoms with Gasteiger partial charge in [-0.1, -0.05) is 18.2 Å². The fourth-order valence-corrected chi connectivity index (χ4v) is 3.68. The third-order valence-electron chi connectivity index (χ3n) is 3.61. The fraction of sp³-hybridized carbons (Fsp3) is 0.500. The number of amides is 2. The van der Waals surface area contributed by atoms with Crippen molar-refractivity contribution in [2.45, 2.75) is 17.5 Å². The first-order chi connectivity index (χ1) is 10.9. The Balaban J connectivity index is 2.06. The molecule has 0 aromatic heterocycles. The zero-order valence-corrected chi connectivity index (χ0v) is 14.4. The van der Waals surface area contributed by atoms with Gasteiger partial charge in [0.2, 0.25) is 11.8 Å². The summed E-state index contributed by atoms with van der Waals surface area (Å²) in [6.07, 6.45) is 0. The van der Waals surface area contributed by atoms with E-state index in [0.717, 1.165) is 6.54 Å².